The van der Waals surface area contributed by atoms with E-state index in [9.17, 15) is 0 Å². The zero-order chi connectivity index (χ0) is 9.42. The quantitative estimate of drug-likeness (QED) is 0.730. The molecule has 1 aliphatic rings. The molecule has 0 spiro atoms. The molecular weight excluding hydrogens is 182 g/mol. The summed E-state index contributed by atoms with van der Waals surface area (Å²) < 4.78 is 0. The molecule has 1 nitrogen and oxygen atoms in total. The summed E-state index contributed by atoms with van der Waals surface area (Å²) in [5.41, 5.74) is 9.42. The van der Waals surface area contributed by atoms with Crippen LogP contribution in [-0.4, -0.2) is 6.54 Å². The Kier molecular flexibility index (Phi) is 2.14. The normalized spacial score (nSPS) is 19.9. The number of benzene rings is 1. The third-order valence-electron chi connectivity index (χ3n) is 2.52. The lowest BCUT2D eigenvalue weighted by Gasteiger charge is -2.05. The van der Waals surface area contributed by atoms with Crippen molar-refractivity contribution in [3.05, 3.63) is 40.4 Å². The highest BCUT2D eigenvalue weighted by atomic mass is 35.5. The molecule has 0 fully saturated rings. The van der Waals surface area contributed by atoms with Crippen LogP contribution in [-0.2, 0) is 0 Å². The molecular formula is C11H12ClN. The van der Waals surface area contributed by atoms with Crippen molar-refractivity contribution in [3.8, 4) is 0 Å². The van der Waals surface area contributed by atoms with Gasteiger partial charge < -0.3 is 5.73 Å². The van der Waals surface area contributed by atoms with Crippen molar-refractivity contribution in [2.75, 3.05) is 6.54 Å². The van der Waals surface area contributed by atoms with E-state index in [4.69, 9.17) is 17.3 Å². The van der Waals surface area contributed by atoms with Crippen LogP contribution in [0.25, 0.3) is 5.57 Å². The summed E-state index contributed by atoms with van der Waals surface area (Å²) in [7, 11) is 0. The molecule has 1 aromatic carbocycles. The number of rotatable bonds is 1. The molecule has 13 heavy (non-hydrogen) atoms. The number of nitrogens with two attached hydrogens (primary N) is 1. The fourth-order valence-corrected chi connectivity index (χ4v) is 2.04. The zero-order valence-corrected chi connectivity index (χ0v) is 8.31. The summed E-state index contributed by atoms with van der Waals surface area (Å²) in [5, 5.41) is 0.784. The lowest BCUT2D eigenvalue weighted by Crippen LogP contribution is -2.00. The summed E-state index contributed by atoms with van der Waals surface area (Å²) in [4.78, 5) is 0. The Bertz CT molecular complexity index is 368. The molecule has 0 heterocycles. The van der Waals surface area contributed by atoms with Gasteiger partial charge in [-0.05, 0) is 28.8 Å². The number of fused-ring (bicyclic) bond motifs is 1. The van der Waals surface area contributed by atoms with Crippen LogP contribution >= 0.6 is 11.6 Å². The van der Waals surface area contributed by atoms with Crippen molar-refractivity contribution in [2.45, 2.75) is 12.8 Å². The minimum atomic E-state index is 0.478. The van der Waals surface area contributed by atoms with Crippen molar-refractivity contribution in [2.24, 2.45) is 5.73 Å². The van der Waals surface area contributed by atoms with Gasteiger partial charge in [-0.25, -0.2) is 0 Å². The fraction of sp³-hybridized carbons (Fsp3) is 0.273. The van der Waals surface area contributed by atoms with E-state index in [0.29, 0.717) is 12.5 Å². The topological polar surface area (TPSA) is 26.0 Å². The summed E-state index contributed by atoms with van der Waals surface area (Å²) in [6, 6.07) is 6.02. The molecule has 2 heteroatoms. The van der Waals surface area contributed by atoms with Crippen molar-refractivity contribution in [3.63, 3.8) is 0 Å². The molecule has 0 radical (unpaired) electrons. The van der Waals surface area contributed by atoms with Gasteiger partial charge in [0.2, 0.25) is 0 Å². The van der Waals surface area contributed by atoms with Gasteiger partial charge in [0.15, 0.2) is 0 Å². The van der Waals surface area contributed by atoms with Crippen LogP contribution in [0.1, 0.15) is 24.0 Å². The van der Waals surface area contributed by atoms with Crippen molar-refractivity contribution >= 4 is 17.2 Å². The third-order valence-corrected chi connectivity index (χ3v) is 2.76. The molecule has 1 aliphatic carbocycles. The Morgan fingerprint density at radius 1 is 1.46 bits per heavy atom. The van der Waals surface area contributed by atoms with E-state index in [2.05, 4.69) is 19.1 Å². The minimum absolute atomic E-state index is 0.478. The van der Waals surface area contributed by atoms with E-state index < -0.39 is 0 Å². The summed E-state index contributed by atoms with van der Waals surface area (Å²) >= 11 is 5.93. The standard InChI is InChI=1S/C11H12ClN/c1-7-4-8(6-13)11-5-9(12)2-3-10(7)11/h2-5,7H,6,13H2,1H3. The van der Waals surface area contributed by atoms with Gasteiger partial charge in [-0.3, -0.25) is 0 Å². The number of allylic oxidation sites excluding steroid dienone is 1. The molecule has 0 saturated heterocycles. The van der Waals surface area contributed by atoms with E-state index in [1.54, 1.807) is 0 Å². The lowest BCUT2D eigenvalue weighted by atomic mass is 10.0. The van der Waals surface area contributed by atoms with Crippen LogP contribution in [0.5, 0.6) is 0 Å². The van der Waals surface area contributed by atoms with Gasteiger partial charge in [0.1, 0.15) is 0 Å². The first-order valence-corrected chi connectivity index (χ1v) is 4.80. The van der Waals surface area contributed by atoms with Crippen LogP contribution < -0.4 is 5.73 Å². The summed E-state index contributed by atoms with van der Waals surface area (Å²) in [6.45, 7) is 2.77. The lowest BCUT2D eigenvalue weighted by molar-refractivity contribution is 0.989. The number of hydrogen-bond acceptors (Lipinski definition) is 1. The average molecular weight is 194 g/mol. The highest BCUT2D eigenvalue weighted by Gasteiger charge is 2.18. The summed E-state index contributed by atoms with van der Waals surface area (Å²) in [5.74, 6) is 0.478. The van der Waals surface area contributed by atoms with Gasteiger partial charge in [0, 0.05) is 17.5 Å². The number of hydrogen-bond donors (Lipinski definition) is 1. The second kappa shape index (κ2) is 3.17. The highest BCUT2D eigenvalue weighted by Crippen LogP contribution is 2.36. The predicted molar refractivity (Wildman–Crippen MR) is 56.9 cm³/mol. The summed E-state index contributed by atoms with van der Waals surface area (Å²) in [6.07, 6.45) is 2.21. The van der Waals surface area contributed by atoms with Gasteiger partial charge in [0.25, 0.3) is 0 Å². The molecule has 0 aliphatic heterocycles. The van der Waals surface area contributed by atoms with Gasteiger partial charge in [-0.2, -0.15) is 0 Å². The van der Waals surface area contributed by atoms with Crippen molar-refractivity contribution in [1.29, 1.82) is 0 Å². The monoisotopic (exact) mass is 193 g/mol. The molecule has 0 amide bonds. The zero-order valence-electron chi connectivity index (χ0n) is 7.55. The Hall–Kier alpha value is -0.790. The molecule has 68 valence electrons. The Morgan fingerprint density at radius 2 is 2.23 bits per heavy atom. The minimum Gasteiger partial charge on any atom is -0.326 e. The Morgan fingerprint density at radius 3 is 2.92 bits per heavy atom. The Balaban J connectivity index is 2.55. The van der Waals surface area contributed by atoms with E-state index >= 15 is 0 Å². The van der Waals surface area contributed by atoms with Gasteiger partial charge in [0.05, 0.1) is 0 Å². The van der Waals surface area contributed by atoms with Gasteiger partial charge >= 0.3 is 0 Å². The molecule has 2 N–H and O–H groups in total. The maximum Gasteiger partial charge on any atom is 0.0412 e. The first-order valence-electron chi connectivity index (χ1n) is 4.43. The van der Waals surface area contributed by atoms with E-state index in [1.807, 2.05) is 12.1 Å². The van der Waals surface area contributed by atoms with Crippen LogP contribution in [0.15, 0.2) is 24.3 Å². The largest absolute Gasteiger partial charge is 0.326 e. The second-order valence-electron chi connectivity index (χ2n) is 3.42. The SMILES string of the molecule is CC1C=C(CN)c2cc(Cl)ccc21. The number of halogens is 1. The molecule has 0 bridgehead atoms. The van der Waals surface area contributed by atoms with Crippen molar-refractivity contribution in [1.82, 2.24) is 0 Å². The molecule has 0 saturated carbocycles. The van der Waals surface area contributed by atoms with Gasteiger partial charge in [-0.1, -0.05) is 30.7 Å². The van der Waals surface area contributed by atoms with Gasteiger partial charge in [-0.15, -0.1) is 0 Å². The first kappa shape index (κ1) is 8.79. The first-order chi connectivity index (χ1) is 6.22. The highest BCUT2D eigenvalue weighted by molar-refractivity contribution is 6.30. The molecule has 1 atom stereocenters. The van der Waals surface area contributed by atoms with Crippen molar-refractivity contribution < 1.29 is 0 Å². The molecule has 1 unspecified atom stereocenters. The van der Waals surface area contributed by atoms with E-state index in [-0.39, 0.29) is 0 Å². The maximum atomic E-state index is 5.93. The molecule has 1 aromatic rings. The molecule has 2 rings (SSSR count). The van der Waals surface area contributed by atoms with Crippen LogP contribution in [0.2, 0.25) is 5.02 Å². The predicted octanol–water partition coefficient (Wildman–Crippen LogP) is 2.80. The van der Waals surface area contributed by atoms with Crippen LogP contribution in [0.4, 0.5) is 0 Å². The second-order valence-corrected chi connectivity index (χ2v) is 3.85. The van der Waals surface area contributed by atoms with E-state index in [0.717, 1.165) is 5.02 Å². The Labute approximate surface area is 83.2 Å². The third kappa shape index (κ3) is 1.38. The van der Waals surface area contributed by atoms with Crippen LogP contribution in [0, 0.1) is 0 Å². The average Bonchev–Trinajstić information content (AvgIpc) is 2.42. The smallest absolute Gasteiger partial charge is 0.0412 e. The maximum absolute atomic E-state index is 5.93. The fourth-order valence-electron chi connectivity index (χ4n) is 1.86. The van der Waals surface area contributed by atoms with Crippen LogP contribution in [0.3, 0.4) is 0 Å². The van der Waals surface area contributed by atoms with E-state index in [1.165, 1.54) is 16.7 Å². The molecule has 0 aromatic heterocycles.